The second-order valence-corrected chi connectivity index (χ2v) is 2.07. The van der Waals surface area contributed by atoms with Gasteiger partial charge in [0.25, 0.3) is 0 Å². The fourth-order valence-corrected chi connectivity index (χ4v) is 0.543. The van der Waals surface area contributed by atoms with Crippen LogP contribution in [0.15, 0.2) is 0 Å². The van der Waals surface area contributed by atoms with Crippen LogP contribution in [0, 0.1) is 34.5 Å². The van der Waals surface area contributed by atoms with E-state index in [2.05, 4.69) is 0 Å². The van der Waals surface area contributed by atoms with Gasteiger partial charge in [-0.15, -0.1) is 0 Å². The average molecular weight is 162 g/mol. The highest BCUT2D eigenvalue weighted by molar-refractivity contribution is 4.99. The zero-order valence-corrected chi connectivity index (χ0v) is 5.68. The SMILES string of the molecule is CC(C#N)C(C#N)C(F)(F)F. The lowest BCUT2D eigenvalue weighted by Gasteiger charge is -2.13. The van der Waals surface area contributed by atoms with E-state index in [1.54, 1.807) is 0 Å². The van der Waals surface area contributed by atoms with Gasteiger partial charge in [0.1, 0.15) is 0 Å². The van der Waals surface area contributed by atoms with Gasteiger partial charge in [-0.3, -0.25) is 0 Å². The van der Waals surface area contributed by atoms with E-state index in [1.807, 2.05) is 0 Å². The second-order valence-electron chi connectivity index (χ2n) is 2.07. The Morgan fingerprint density at radius 1 is 1.18 bits per heavy atom. The van der Waals surface area contributed by atoms with Gasteiger partial charge in [0, 0.05) is 0 Å². The molecule has 0 saturated heterocycles. The van der Waals surface area contributed by atoms with Gasteiger partial charge in [0.15, 0.2) is 5.92 Å². The molecule has 0 fully saturated rings. The van der Waals surface area contributed by atoms with Crippen molar-refractivity contribution in [2.24, 2.45) is 11.8 Å². The van der Waals surface area contributed by atoms with Crippen molar-refractivity contribution in [3.8, 4) is 12.1 Å². The Morgan fingerprint density at radius 3 is 1.73 bits per heavy atom. The molecule has 11 heavy (non-hydrogen) atoms. The molecular formula is C6H5F3N2. The fourth-order valence-electron chi connectivity index (χ4n) is 0.543. The number of hydrogen-bond donors (Lipinski definition) is 0. The molecule has 0 bridgehead atoms. The van der Waals surface area contributed by atoms with E-state index in [1.165, 1.54) is 6.07 Å². The fraction of sp³-hybridized carbons (Fsp3) is 0.667. The van der Waals surface area contributed by atoms with Crippen molar-refractivity contribution in [3.63, 3.8) is 0 Å². The van der Waals surface area contributed by atoms with E-state index in [9.17, 15) is 13.2 Å². The van der Waals surface area contributed by atoms with E-state index in [4.69, 9.17) is 10.5 Å². The van der Waals surface area contributed by atoms with Crippen LogP contribution in [0.5, 0.6) is 0 Å². The monoisotopic (exact) mass is 162 g/mol. The van der Waals surface area contributed by atoms with Crippen molar-refractivity contribution >= 4 is 0 Å². The van der Waals surface area contributed by atoms with Gasteiger partial charge < -0.3 is 0 Å². The first-order valence-corrected chi connectivity index (χ1v) is 2.79. The first kappa shape index (κ1) is 9.77. The predicted octanol–water partition coefficient (Wildman–Crippen LogP) is 1.85. The zero-order chi connectivity index (χ0) is 9.07. The third kappa shape index (κ3) is 2.46. The lowest BCUT2D eigenvalue weighted by Crippen LogP contribution is -2.26. The van der Waals surface area contributed by atoms with E-state index in [0.29, 0.717) is 0 Å². The van der Waals surface area contributed by atoms with Crippen LogP contribution in [0.3, 0.4) is 0 Å². The van der Waals surface area contributed by atoms with Gasteiger partial charge in [-0.05, 0) is 6.92 Å². The number of rotatable bonds is 1. The van der Waals surface area contributed by atoms with Crippen molar-refractivity contribution in [2.75, 3.05) is 0 Å². The summed E-state index contributed by atoms with van der Waals surface area (Å²) in [6.07, 6.45) is -4.59. The van der Waals surface area contributed by atoms with Crippen molar-refractivity contribution in [1.29, 1.82) is 10.5 Å². The molecule has 5 heteroatoms. The minimum atomic E-state index is -4.59. The quantitative estimate of drug-likeness (QED) is 0.590. The molecule has 0 aromatic carbocycles. The van der Waals surface area contributed by atoms with Crippen LogP contribution in [0.25, 0.3) is 0 Å². The van der Waals surface area contributed by atoms with Crippen molar-refractivity contribution in [1.82, 2.24) is 0 Å². The standard InChI is InChI=1S/C6H5F3N2/c1-4(2-10)5(3-11)6(7,8)9/h4-5H,1H3. The summed E-state index contributed by atoms with van der Waals surface area (Å²) < 4.78 is 35.4. The number of alkyl halides is 3. The lowest BCUT2D eigenvalue weighted by atomic mass is 9.97. The summed E-state index contributed by atoms with van der Waals surface area (Å²) in [5.74, 6) is -3.48. The topological polar surface area (TPSA) is 47.6 Å². The Labute approximate surface area is 61.8 Å². The van der Waals surface area contributed by atoms with E-state index in [-0.39, 0.29) is 0 Å². The average Bonchev–Trinajstić information content (AvgIpc) is 1.86. The zero-order valence-electron chi connectivity index (χ0n) is 5.68. The molecule has 0 aliphatic carbocycles. The van der Waals surface area contributed by atoms with E-state index >= 15 is 0 Å². The summed E-state index contributed by atoms with van der Waals surface area (Å²) in [7, 11) is 0. The molecule has 2 nitrogen and oxygen atoms in total. The molecule has 0 radical (unpaired) electrons. The van der Waals surface area contributed by atoms with Crippen LogP contribution in [0.4, 0.5) is 13.2 Å². The van der Waals surface area contributed by atoms with Gasteiger partial charge in [-0.1, -0.05) is 0 Å². The molecule has 0 N–H and O–H groups in total. The number of nitriles is 2. The van der Waals surface area contributed by atoms with Crippen molar-refractivity contribution in [2.45, 2.75) is 13.1 Å². The molecule has 0 aliphatic rings. The Bertz CT molecular complexity index is 207. The molecule has 0 aromatic heterocycles. The molecule has 60 valence electrons. The highest BCUT2D eigenvalue weighted by Gasteiger charge is 2.43. The summed E-state index contributed by atoms with van der Waals surface area (Å²) in [5.41, 5.74) is 0. The molecule has 0 rings (SSSR count). The number of nitrogens with zero attached hydrogens (tertiary/aromatic N) is 2. The number of halogens is 3. The minimum absolute atomic E-state index is 1.05. The molecular weight excluding hydrogens is 157 g/mol. The van der Waals surface area contributed by atoms with Crippen LogP contribution in [0.2, 0.25) is 0 Å². The maximum absolute atomic E-state index is 11.8. The summed E-state index contributed by atoms with van der Waals surface area (Å²) in [5, 5.41) is 16.1. The highest BCUT2D eigenvalue weighted by Crippen LogP contribution is 2.30. The van der Waals surface area contributed by atoms with Gasteiger partial charge in [-0.2, -0.15) is 23.7 Å². The molecule has 0 aliphatic heterocycles. The van der Waals surface area contributed by atoms with Gasteiger partial charge in [0.05, 0.1) is 18.1 Å². The maximum Gasteiger partial charge on any atom is 0.405 e. The Kier molecular flexibility index (Phi) is 2.88. The smallest absolute Gasteiger partial charge is 0.198 e. The first-order valence-electron chi connectivity index (χ1n) is 2.79. The van der Waals surface area contributed by atoms with Crippen LogP contribution in [0.1, 0.15) is 6.92 Å². The van der Waals surface area contributed by atoms with Gasteiger partial charge in [0.2, 0.25) is 0 Å². The maximum atomic E-state index is 11.8. The summed E-state index contributed by atoms with van der Waals surface area (Å²) >= 11 is 0. The Balaban J connectivity index is 4.48. The first-order chi connectivity index (χ1) is 4.93. The van der Waals surface area contributed by atoms with Crippen LogP contribution in [-0.4, -0.2) is 6.18 Å². The molecule has 0 spiro atoms. The molecule has 2 unspecified atom stereocenters. The van der Waals surface area contributed by atoms with Gasteiger partial charge >= 0.3 is 6.18 Å². The van der Waals surface area contributed by atoms with Crippen molar-refractivity contribution in [3.05, 3.63) is 0 Å². The summed E-state index contributed by atoms with van der Waals surface area (Å²) in [6, 6.07) is 2.43. The highest BCUT2D eigenvalue weighted by atomic mass is 19.4. The third-order valence-electron chi connectivity index (χ3n) is 1.20. The molecule has 0 heterocycles. The van der Waals surface area contributed by atoms with Crippen LogP contribution >= 0.6 is 0 Å². The number of hydrogen-bond acceptors (Lipinski definition) is 2. The lowest BCUT2D eigenvalue weighted by molar-refractivity contribution is -0.165. The molecule has 0 saturated carbocycles. The minimum Gasteiger partial charge on any atom is -0.198 e. The largest absolute Gasteiger partial charge is 0.405 e. The van der Waals surface area contributed by atoms with Gasteiger partial charge in [-0.25, -0.2) is 0 Å². The molecule has 0 aromatic rings. The second kappa shape index (κ2) is 3.25. The summed E-state index contributed by atoms with van der Waals surface area (Å²) in [4.78, 5) is 0. The molecule has 0 amide bonds. The Hall–Kier alpha value is -1.23. The predicted molar refractivity (Wildman–Crippen MR) is 29.9 cm³/mol. The normalized spacial score (nSPS) is 16.2. The third-order valence-corrected chi connectivity index (χ3v) is 1.20. The summed E-state index contributed by atoms with van der Waals surface area (Å²) in [6.45, 7) is 1.07. The van der Waals surface area contributed by atoms with Crippen LogP contribution in [-0.2, 0) is 0 Å². The Morgan fingerprint density at radius 2 is 1.64 bits per heavy atom. The van der Waals surface area contributed by atoms with E-state index in [0.717, 1.165) is 13.0 Å². The van der Waals surface area contributed by atoms with Crippen molar-refractivity contribution < 1.29 is 13.2 Å². The van der Waals surface area contributed by atoms with E-state index < -0.39 is 18.0 Å². The van der Waals surface area contributed by atoms with Crippen LogP contribution < -0.4 is 0 Å². The molecule has 2 atom stereocenters.